The molecular weight excluding hydrogens is 368 g/mol. The van der Waals surface area contributed by atoms with E-state index in [1.807, 2.05) is 39.3 Å². The maximum atomic E-state index is 12.6. The standard InChI is InChI=1S/C22H26N4O3/c1-23-19-11-12-22(24-2,25-3)18-10-9-16(13-17(18)19)26-20(27)14-5-7-15(8-6-14)21(28)29-4/h5-11,13,23-25H,12H2,1-4H3,(H,26,27). The molecule has 0 atom stereocenters. The first-order valence-electron chi connectivity index (χ1n) is 9.38. The van der Waals surface area contributed by atoms with Crippen LogP contribution in [0.15, 0.2) is 48.5 Å². The summed E-state index contributed by atoms with van der Waals surface area (Å²) in [5, 5.41) is 12.9. The minimum Gasteiger partial charge on any atom is -0.465 e. The Kier molecular flexibility index (Phi) is 6.00. The van der Waals surface area contributed by atoms with Crippen molar-refractivity contribution in [1.29, 1.82) is 0 Å². The predicted molar refractivity (Wildman–Crippen MR) is 114 cm³/mol. The second kappa shape index (κ2) is 8.46. The van der Waals surface area contributed by atoms with Crippen LogP contribution >= 0.6 is 0 Å². The van der Waals surface area contributed by atoms with Gasteiger partial charge in [0.25, 0.3) is 5.91 Å². The Morgan fingerprint density at radius 3 is 2.21 bits per heavy atom. The van der Waals surface area contributed by atoms with Gasteiger partial charge in [-0.1, -0.05) is 12.1 Å². The molecule has 0 aromatic heterocycles. The molecule has 0 aliphatic heterocycles. The fourth-order valence-electron chi connectivity index (χ4n) is 3.61. The molecule has 2 aromatic rings. The van der Waals surface area contributed by atoms with E-state index < -0.39 is 5.97 Å². The summed E-state index contributed by atoms with van der Waals surface area (Å²) in [6, 6.07) is 12.2. The van der Waals surface area contributed by atoms with Gasteiger partial charge in [0.2, 0.25) is 0 Å². The van der Waals surface area contributed by atoms with Crippen LogP contribution in [0.1, 0.15) is 38.3 Å². The summed E-state index contributed by atoms with van der Waals surface area (Å²) >= 11 is 0. The third-order valence-corrected chi connectivity index (χ3v) is 5.33. The van der Waals surface area contributed by atoms with Gasteiger partial charge in [0.1, 0.15) is 0 Å². The largest absolute Gasteiger partial charge is 0.465 e. The molecule has 0 heterocycles. The number of nitrogens with one attached hydrogen (secondary N) is 4. The molecule has 4 N–H and O–H groups in total. The second-order valence-electron chi connectivity index (χ2n) is 6.76. The predicted octanol–water partition coefficient (Wildman–Crippen LogP) is 2.28. The number of fused-ring (bicyclic) bond motifs is 1. The molecular formula is C22H26N4O3. The Hall–Kier alpha value is -3.16. The van der Waals surface area contributed by atoms with Crippen molar-refractivity contribution in [1.82, 2.24) is 16.0 Å². The van der Waals surface area contributed by atoms with Crippen molar-refractivity contribution in [3.05, 3.63) is 70.8 Å². The molecule has 3 rings (SSSR count). The molecule has 0 spiro atoms. The van der Waals surface area contributed by atoms with E-state index in [4.69, 9.17) is 0 Å². The number of hydrogen-bond acceptors (Lipinski definition) is 6. The average molecular weight is 394 g/mol. The third kappa shape index (κ3) is 3.87. The maximum absolute atomic E-state index is 12.6. The van der Waals surface area contributed by atoms with E-state index in [1.54, 1.807) is 24.3 Å². The van der Waals surface area contributed by atoms with Gasteiger partial charge in [-0.15, -0.1) is 0 Å². The number of esters is 1. The molecule has 7 heteroatoms. The number of hydrogen-bond donors (Lipinski definition) is 4. The average Bonchev–Trinajstić information content (AvgIpc) is 2.77. The molecule has 0 unspecified atom stereocenters. The van der Waals surface area contributed by atoms with Crippen molar-refractivity contribution in [3.8, 4) is 0 Å². The number of anilines is 1. The lowest BCUT2D eigenvalue weighted by Crippen LogP contribution is -2.52. The molecule has 0 saturated carbocycles. The van der Waals surface area contributed by atoms with E-state index >= 15 is 0 Å². The molecule has 0 fully saturated rings. The number of methoxy groups -OCH3 is 1. The van der Waals surface area contributed by atoms with Crippen LogP contribution < -0.4 is 21.3 Å². The Morgan fingerprint density at radius 2 is 1.62 bits per heavy atom. The summed E-state index contributed by atoms with van der Waals surface area (Å²) < 4.78 is 4.68. The molecule has 0 bridgehead atoms. The topological polar surface area (TPSA) is 91.5 Å². The zero-order chi connectivity index (χ0) is 21.0. The fourth-order valence-corrected chi connectivity index (χ4v) is 3.61. The quantitative estimate of drug-likeness (QED) is 0.444. The van der Waals surface area contributed by atoms with Crippen LogP contribution in [0.3, 0.4) is 0 Å². The molecule has 1 aliphatic carbocycles. The van der Waals surface area contributed by atoms with Crippen molar-refractivity contribution >= 4 is 23.3 Å². The fraction of sp³-hybridized carbons (Fsp3) is 0.273. The first-order valence-corrected chi connectivity index (χ1v) is 9.38. The van der Waals surface area contributed by atoms with Gasteiger partial charge in [0.05, 0.1) is 18.3 Å². The highest BCUT2D eigenvalue weighted by Gasteiger charge is 2.34. The lowest BCUT2D eigenvalue weighted by atomic mass is 9.84. The Morgan fingerprint density at radius 1 is 0.966 bits per heavy atom. The zero-order valence-electron chi connectivity index (χ0n) is 17.1. The number of carbonyl (C=O) groups excluding carboxylic acids is 2. The molecule has 29 heavy (non-hydrogen) atoms. The number of rotatable bonds is 6. The van der Waals surface area contributed by atoms with Gasteiger partial charge >= 0.3 is 5.97 Å². The molecule has 1 aliphatic rings. The first kappa shape index (κ1) is 20.6. The van der Waals surface area contributed by atoms with Gasteiger partial charge in [-0.3, -0.25) is 15.4 Å². The van der Waals surface area contributed by atoms with Crippen molar-refractivity contribution in [2.24, 2.45) is 0 Å². The van der Waals surface area contributed by atoms with Crippen LogP contribution in [0.5, 0.6) is 0 Å². The minimum atomic E-state index is -0.435. The lowest BCUT2D eigenvalue weighted by Gasteiger charge is -2.38. The molecule has 0 radical (unpaired) electrons. The Bertz CT molecular complexity index is 947. The van der Waals surface area contributed by atoms with Crippen LogP contribution in [0.4, 0.5) is 5.69 Å². The maximum Gasteiger partial charge on any atom is 0.337 e. The highest BCUT2D eigenvalue weighted by molar-refractivity contribution is 6.05. The van der Waals surface area contributed by atoms with E-state index in [-0.39, 0.29) is 11.6 Å². The van der Waals surface area contributed by atoms with Crippen molar-refractivity contribution in [2.75, 3.05) is 33.6 Å². The molecule has 7 nitrogen and oxygen atoms in total. The Balaban J connectivity index is 1.87. The lowest BCUT2D eigenvalue weighted by molar-refractivity contribution is 0.0600. The van der Waals surface area contributed by atoms with Crippen molar-refractivity contribution in [2.45, 2.75) is 12.1 Å². The SMILES string of the molecule is CNC1=CCC(NC)(NC)c2ccc(NC(=O)c3ccc(C(=O)OC)cc3)cc21. The smallest absolute Gasteiger partial charge is 0.337 e. The minimum absolute atomic E-state index is 0.249. The summed E-state index contributed by atoms with van der Waals surface area (Å²) in [4.78, 5) is 24.2. The molecule has 152 valence electrons. The van der Waals surface area contributed by atoms with Crippen LogP contribution in [-0.2, 0) is 10.4 Å². The third-order valence-electron chi connectivity index (χ3n) is 5.33. The van der Waals surface area contributed by atoms with E-state index in [0.29, 0.717) is 16.8 Å². The second-order valence-corrected chi connectivity index (χ2v) is 6.76. The van der Waals surface area contributed by atoms with E-state index in [2.05, 4.69) is 32.1 Å². The van der Waals surface area contributed by atoms with Gasteiger partial charge in [-0.05, 0) is 56.1 Å². The summed E-state index contributed by atoms with van der Waals surface area (Å²) in [5.41, 5.74) is 4.32. The summed E-state index contributed by atoms with van der Waals surface area (Å²) in [6.45, 7) is 0. The van der Waals surface area contributed by atoms with E-state index in [0.717, 1.165) is 23.2 Å². The van der Waals surface area contributed by atoms with Gasteiger partial charge in [-0.2, -0.15) is 0 Å². The van der Waals surface area contributed by atoms with Crippen molar-refractivity contribution < 1.29 is 14.3 Å². The van der Waals surface area contributed by atoms with Gasteiger partial charge < -0.3 is 15.4 Å². The monoisotopic (exact) mass is 394 g/mol. The van der Waals surface area contributed by atoms with Crippen LogP contribution in [0, 0.1) is 0 Å². The van der Waals surface area contributed by atoms with Gasteiger partial charge in [0.15, 0.2) is 0 Å². The molecule has 2 aromatic carbocycles. The van der Waals surface area contributed by atoms with Gasteiger partial charge in [0, 0.05) is 36.0 Å². The summed E-state index contributed by atoms with van der Waals surface area (Å²) in [7, 11) is 7.05. The van der Waals surface area contributed by atoms with Crippen LogP contribution in [0.2, 0.25) is 0 Å². The van der Waals surface area contributed by atoms with E-state index in [1.165, 1.54) is 7.11 Å². The zero-order valence-corrected chi connectivity index (χ0v) is 17.1. The van der Waals surface area contributed by atoms with E-state index in [9.17, 15) is 9.59 Å². The highest BCUT2D eigenvalue weighted by atomic mass is 16.5. The molecule has 0 saturated heterocycles. The van der Waals surface area contributed by atoms with Gasteiger partial charge in [-0.25, -0.2) is 4.79 Å². The number of carbonyl (C=O) groups is 2. The summed E-state index contributed by atoms with van der Waals surface area (Å²) in [5.74, 6) is -0.684. The number of amides is 1. The Labute approximate surface area is 170 Å². The highest BCUT2D eigenvalue weighted by Crippen LogP contribution is 2.36. The number of benzene rings is 2. The van der Waals surface area contributed by atoms with Crippen LogP contribution in [0.25, 0.3) is 5.70 Å². The van der Waals surface area contributed by atoms with Crippen LogP contribution in [-0.4, -0.2) is 40.1 Å². The number of ether oxygens (including phenoxy) is 1. The van der Waals surface area contributed by atoms with Crippen molar-refractivity contribution in [3.63, 3.8) is 0 Å². The first-order chi connectivity index (χ1) is 14.0. The summed E-state index contributed by atoms with van der Waals surface area (Å²) in [6.07, 6.45) is 2.92. The normalized spacial score (nSPS) is 14.4. The molecule has 1 amide bonds.